The van der Waals surface area contributed by atoms with Gasteiger partial charge in [-0.25, -0.2) is 4.98 Å². The molecule has 1 atom stereocenters. The second-order valence-corrected chi connectivity index (χ2v) is 8.83. The molecule has 2 aromatic carbocycles. The predicted octanol–water partition coefficient (Wildman–Crippen LogP) is 6.64. The monoisotopic (exact) mass is 452 g/mol. The van der Waals surface area contributed by atoms with E-state index in [0.29, 0.717) is 27.9 Å². The number of hydrogen-bond acceptors (Lipinski definition) is 6. The van der Waals surface area contributed by atoms with Crippen molar-refractivity contribution in [1.82, 2.24) is 10.3 Å². The Balaban J connectivity index is 1.32. The van der Waals surface area contributed by atoms with E-state index in [9.17, 15) is 4.79 Å². The second-order valence-electron chi connectivity index (χ2n) is 7.88. The Morgan fingerprint density at radius 2 is 1.66 bits per heavy atom. The number of aromatic nitrogens is 1. The lowest BCUT2D eigenvalue weighted by molar-refractivity contribution is -0.119. The van der Waals surface area contributed by atoms with E-state index < -0.39 is 0 Å². The molecule has 1 saturated carbocycles. The van der Waals surface area contributed by atoms with Crippen LogP contribution in [0.25, 0.3) is 0 Å². The average Bonchev–Trinajstić information content (AvgIpc) is 3.46. The number of thiazole rings is 1. The number of nitrogens with zero attached hydrogens (tertiary/aromatic N) is 1. The van der Waals surface area contributed by atoms with Crippen molar-refractivity contribution >= 4 is 17.2 Å². The molecule has 1 aliphatic carbocycles. The number of rotatable bonds is 9. The van der Waals surface area contributed by atoms with E-state index in [1.807, 2.05) is 55.5 Å². The molecule has 3 aromatic rings. The lowest BCUT2D eigenvalue weighted by atomic mass is 10.0. The minimum Gasteiger partial charge on any atom is -0.490 e. The molecular weight excluding hydrogens is 424 g/mol. The fourth-order valence-corrected chi connectivity index (χ4v) is 4.43. The van der Waals surface area contributed by atoms with E-state index in [2.05, 4.69) is 10.3 Å². The first kappa shape index (κ1) is 22.1. The lowest BCUT2D eigenvalue weighted by Gasteiger charge is -2.16. The minimum atomic E-state index is -0.0367. The maximum absolute atomic E-state index is 11.4. The van der Waals surface area contributed by atoms with E-state index in [1.54, 1.807) is 6.20 Å². The van der Waals surface area contributed by atoms with Gasteiger partial charge in [0.15, 0.2) is 0 Å². The van der Waals surface area contributed by atoms with Crippen LogP contribution >= 0.6 is 11.3 Å². The van der Waals surface area contributed by atoms with Gasteiger partial charge in [0.05, 0.1) is 18.3 Å². The summed E-state index contributed by atoms with van der Waals surface area (Å²) in [6.45, 7) is 3.57. The van der Waals surface area contributed by atoms with Crippen molar-refractivity contribution in [2.24, 2.45) is 0 Å². The number of nitrogens with one attached hydrogen (secondary N) is 1. The van der Waals surface area contributed by atoms with Gasteiger partial charge in [0.2, 0.25) is 11.0 Å². The molecule has 0 saturated heterocycles. The largest absolute Gasteiger partial charge is 0.490 e. The predicted molar refractivity (Wildman–Crippen MR) is 125 cm³/mol. The van der Waals surface area contributed by atoms with Crippen LogP contribution < -0.4 is 19.5 Å². The van der Waals surface area contributed by atoms with E-state index in [-0.39, 0.29) is 11.9 Å². The lowest BCUT2D eigenvalue weighted by Crippen LogP contribution is -2.25. The second kappa shape index (κ2) is 10.5. The zero-order chi connectivity index (χ0) is 22.3. The first-order valence-electron chi connectivity index (χ1n) is 11.0. The Hall–Kier alpha value is -3.06. The van der Waals surface area contributed by atoms with Gasteiger partial charge in [-0.2, -0.15) is 0 Å². The zero-order valence-electron chi connectivity index (χ0n) is 18.4. The molecule has 1 unspecified atom stereocenters. The van der Waals surface area contributed by atoms with Crippen molar-refractivity contribution < 1.29 is 19.0 Å². The Labute approximate surface area is 192 Å². The third kappa shape index (κ3) is 6.01. The molecule has 1 fully saturated rings. The van der Waals surface area contributed by atoms with Crippen molar-refractivity contribution in [3.8, 4) is 27.5 Å². The molecular formula is C25H28N2O4S. The van der Waals surface area contributed by atoms with Crippen LogP contribution in [-0.4, -0.2) is 17.0 Å². The molecule has 168 valence electrons. The van der Waals surface area contributed by atoms with E-state index >= 15 is 0 Å². The Kier molecular flexibility index (Phi) is 7.27. The van der Waals surface area contributed by atoms with E-state index in [1.165, 1.54) is 31.1 Å². The van der Waals surface area contributed by atoms with Gasteiger partial charge in [0.1, 0.15) is 17.2 Å². The fraction of sp³-hybridized carbons (Fsp3) is 0.360. The Morgan fingerprint density at radius 3 is 2.31 bits per heavy atom. The highest BCUT2D eigenvalue weighted by Crippen LogP contribution is 2.35. The summed E-state index contributed by atoms with van der Waals surface area (Å²) < 4.78 is 17.8. The third-order valence-corrected chi connectivity index (χ3v) is 6.14. The van der Waals surface area contributed by atoms with Crippen LogP contribution in [0.2, 0.25) is 0 Å². The number of ether oxygens (including phenoxy) is 3. The van der Waals surface area contributed by atoms with Gasteiger partial charge < -0.3 is 19.5 Å². The maximum atomic E-state index is 11.4. The van der Waals surface area contributed by atoms with Crippen LogP contribution in [-0.2, 0) is 4.79 Å². The van der Waals surface area contributed by atoms with Crippen LogP contribution in [0, 0.1) is 0 Å². The smallest absolute Gasteiger partial charge is 0.282 e. The molecule has 0 aliphatic heterocycles. The molecule has 1 amide bonds. The van der Waals surface area contributed by atoms with Gasteiger partial charge in [0, 0.05) is 6.92 Å². The van der Waals surface area contributed by atoms with Crippen LogP contribution in [0.3, 0.4) is 0 Å². The maximum Gasteiger partial charge on any atom is 0.282 e. The third-order valence-electron chi connectivity index (χ3n) is 5.38. The first-order valence-corrected chi connectivity index (χ1v) is 11.9. The molecule has 1 heterocycles. The highest BCUT2D eigenvalue weighted by molar-refractivity contribution is 7.15. The molecule has 1 aliphatic rings. The molecule has 7 heteroatoms. The SMILES string of the molecule is CCC(NC(C)=O)c1ccc(Oc2cnc(Oc3ccc(OC4CCCC4)cc3)s2)cc1. The molecule has 0 spiro atoms. The normalized spacial score (nSPS) is 14.7. The van der Waals surface area contributed by atoms with Crippen molar-refractivity contribution in [2.45, 2.75) is 58.1 Å². The molecule has 1 aromatic heterocycles. The number of carbonyl (C=O) groups excluding carboxylic acids is 1. The average molecular weight is 453 g/mol. The summed E-state index contributed by atoms with van der Waals surface area (Å²) in [6.07, 6.45) is 7.59. The van der Waals surface area contributed by atoms with Crippen molar-refractivity contribution in [3.05, 3.63) is 60.3 Å². The molecule has 0 bridgehead atoms. The van der Waals surface area contributed by atoms with Gasteiger partial charge in [-0.1, -0.05) is 19.1 Å². The van der Waals surface area contributed by atoms with Gasteiger partial charge in [0.25, 0.3) is 5.19 Å². The fourth-order valence-electron chi connectivity index (χ4n) is 3.78. The quantitative estimate of drug-likeness (QED) is 0.394. The minimum absolute atomic E-state index is 0.0000838. The Morgan fingerprint density at radius 1 is 1.03 bits per heavy atom. The highest BCUT2D eigenvalue weighted by atomic mass is 32.1. The van der Waals surface area contributed by atoms with E-state index in [4.69, 9.17) is 14.2 Å². The van der Waals surface area contributed by atoms with Gasteiger partial charge in [-0.3, -0.25) is 4.79 Å². The number of hydrogen-bond donors (Lipinski definition) is 1. The summed E-state index contributed by atoms with van der Waals surface area (Å²) in [4.78, 5) is 15.7. The first-order chi connectivity index (χ1) is 15.6. The van der Waals surface area contributed by atoms with Gasteiger partial charge >= 0.3 is 0 Å². The molecule has 1 N–H and O–H groups in total. The molecule has 32 heavy (non-hydrogen) atoms. The highest BCUT2D eigenvalue weighted by Gasteiger charge is 2.16. The van der Waals surface area contributed by atoms with Crippen LogP contribution in [0.15, 0.2) is 54.7 Å². The van der Waals surface area contributed by atoms with Crippen LogP contribution in [0.5, 0.6) is 27.5 Å². The van der Waals surface area contributed by atoms with Gasteiger partial charge in [-0.15, -0.1) is 0 Å². The summed E-state index contributed by atoms with van der Waals surface area (Å²) in [6, 6.07) is 15.4. The number of amides is 1. The van der Waals surface area contributed by atoms with Crippen molar-refractivity contribution in [1.29, 1.82) is 0 Å². The number of carbonyl (C=O) groups is 1. The Bertz CT molecular complexity index is 1010. The summed E-state index contributed by atoms with van der Waals surface area (Å²) in [7, 11) is 0. The topological polar surface area (TPSA) is 69.7 Å². The summed E-state index contributed by atoms with van der Waals surface area (Å²) in [5, 5.41) is 4.10. The van der Waals surface area contributed by atoms with Crippen molar-refractivity contribution in [3.63, 3.8) is 0 Å². The standard InChI is InChI=1S/C25H28N2O4S/c1-3-23(27-17(2)28)18-8-10-21(11-9-18)30-24-16-26-25(32-24)31-22-14-12-20(13-15-22)29-19-6-4-5-7-19/h8-16,19,23H,3-7H2,1-2H3,(H,27,28). The summed E-state index contributed by atoms with van der Waals surface area (Å²) in [5.41, 5.74) is 1.05. The molecule has 6 nitrogen and oxygen atoms in total. The van der Waals surface area contributed by atoms with Crippen molar-refractivity contribution in [2.75, 3.05) is 0 Å². The molecule has 0 radical (unpaired) electrons. The summed E-state index contributed by atoms with van der Waals surface area (Å²) in [5.74, 6) is 2.25. The zero-order valence-corrected chi connectivity index (χ0v) is 19.2. The van der Waals surface area contributed by atoms with Crippen LogP contribution in [0.1, 0.15) is 57.6 Å². The van der Waals surface area contributed by atoms with E-state index in [0.717, 1.165) is 30.6 Å². The summed E-state index contributed by atoms with van der Waals surface area (Å²) >= 11 is 1.33. The van der Waals surface area contributed by atoms with Gasteiger partial charge in [-0.05, 0) is 85.4 Å². The van der Waals surface area contributed by atoms with Crippen LogP contribution in [0.4, 0.5) is 0 Å². The number of benzene rings is 2. The molecule has 4 rings (SSSR count).